The van der Waals surface area contributed by atoms with E-state index in [-0.39, 0.29) is 0 Å². The Morgan fingerprint density at radius 3 is 2.20 bits per heavy atom. The van der Waals surface area contributed by atoms with Gasteiger partial charge < -0.3 is 9.90 Å². The van der Waals surface area contributed by atoms with Crippen LogP contribution >= 0.6 is 0 Å². The Morgan fingerprint density at radius 1 is 2.00 bits per heavy atom. The van der Waals surface area contributed by atoms with Gasteiger partial charge in [0.1, 0.15) is 12.4 Å². The fourth-order valence-electron chi connectivity index (χ4n) is 0. The fraction of sp³-hybridized carbons (Fsp3) is 0.667. The van der Waals surface area contributed by atoms with Gasteiger partial charge in [0.25, 0.3) is 0 Å². The van der Waals surface area contributed by atoms with Crippen molar-refractivity contribution in [3.63, 3.8) is 0 Å². The van der Waals surface area contributed by atoms with Crippen LogP contribution in [-0.4, -0.2) is 17.5 Å². The van der Waals surface area contributed by atoms with Gasteiger partial charge in [0.05, 0.1) is 0 Å². The van der Waals surface area contributed by atoms with Crippen molar-refractivity contribution in [1.29, 1.82) is 0 Å². The Hall–Kier alpha value is -0.370. The third kappa shape index (κ3) is 3.63. The number of aliphatic hydroxyl groups excluding tert-OH is 1. The molecule has 0 aliphatic heterocycles. The molecule has 0 spiro atoms. The van der Waals surface area contributed by atoms with Crippen LogP contribution in [-0.2, 0) is 4.79 Å². The lowest BCUT2D eigenvalue weighted by Gasteiger charge is -1.79. The van der Waals surface area contributed by atoms with E-state index in [4.69, 9.17) is 5.11 Å². The number of rotatable bonds is 1. The molecule has 0 rings (SSSR count). The number of carbonyl (C=O) groups is 1. The van der Waals surface area contributed by atoms with Gasteiger partial charge in [-0.25, -0.2) is 0 Å². The van der Waals surface area contributed by atoms with E-state index in [0.717, 1.165) is 0 Å². The van der Waals surface area contributed by atoms with Crippen LogP contribution in [0, 0.1) is 0 Å². The summed E-state index contributed by atoms with van der Waals surface area (Å²) in [4.78, 5) is 9.25. The maximum absolute atomic E-state index is 9.25. The predicted molar refractivity (Wildman–Crippen MR) is 17.7 cm³/mol. The van der Waals surface area contributed by atoms with Crippen molar-refractivity contribution in [2.24, 2.45) is 0 Å². The van der Waals surface area contributed by atoms with Gasteiger partial charge in [-0.05, 0) is 6.92 Å². The van der Waals surface area contributed by atoms with Crippen LogP contribution in [0.25, 0.3) is 0 Å². The van der Waals surface area contributed by atoms with Gasteiger partial charge in [-0.1, -0.05) is 0 Å². The van der Waals surface area contributed by atoms with Crippen LogP contribution < -0.4 is 0 Å². The van der Waals surface area contributed by atoms with Crippen LogP contribution in [0.2, 0.25) is 0 Å². The largest absolute Gasteiger partial charge is 0.386 e. The molecule has 2 heteroatoms. The first-order chi connectivity index (χ1) is 2.27. The first-order valence-corrected chi connectivity index (χ1v) is 1.40. The van der Waals surface area contributed by atoms with Gasteiger partial charge >= 0.3 is 0 Å². The first-order valence-electron chi connectivity index (χ1n) is 1.40. The summed E-state index contributed by atoms with van der Waals surface area (Å²) in [5.41, 5.74) is 0. The van der Waals surface area contributed by atoms with Crippen molar-refractivity contribution in [2.45, 2.75) is 13.0 Å². The summed E-state index contributed by atoms with van der Waals surface area (Å²) in [6, 6.07) is 0. The molecular formula is C3H6O2. The zero-order valence-corrected chi connectivity index (χ0v) is 3.01. The number of hydrogen-bond acceptors (Lipinski definition) is 2. The summed E-state index contributed by atoms with van der Waals surface area (Å²) in [5.74, 6) is 0. The molecule has 0 saturated heterocycles. The molecule has 1 N–H and O–H groups in total. The molecule has 0 amide bonds. The zero-order chi connectivity index (χ0) is 4.28. The molecule has 0 bridgehead atoms. The lowest BCUT2D eigenvalue weighted by atomic mass is 10.5. The normalized spacial score (nSPS) is 14.0. The van der Waals surface area contributed by atoms with Crippen LogP contribution in [0.4, 0.5) is 0 Å². The summed E-state index contributed by atoms with van der Waals surface area (Å²) in [6.07, 6.45) is -0.324. The molecule has 0 aromatic rings. The van der Waals surface area contributed by atoms with Crippen LogP contribution in [0.3, 0.4) is 0 Å². The summed E-state index contributed by atoms with van der Waals surface area (Å²) in [6.45, 7) is 1.41. The molecule has 0 aliphatic carbocycles. The van der Waals surface area contributed by atoms with E-state index in [1.54, 1.807) is 0 Å². The van der Waals surface area contributed by atoms with Crippen LogP contribution in [0.15, 0.2) is 0 Å². The summed E-state index contributed by atoms with van der Waals surface area (Å²) in [5, 5.41) is 7.99. The minimum Gasteiger partial charge on any atom is -0.386 e. The molecule has 0 heterocycles. The highest BCUT2D eigenvalue weighted by Gasteiger charge is 1.81. The van der Waals surface area contributed by atoms with Gasteiger partial charge in [0.2, 0.25) is 0 Å². The first kappa shape index (κ1) is 4.63. The van der Waals surface area contributed by atoms with Gasteiger partial charge in [0.15, 0.2) is 0 Å². The molecule has 2 nitrogen and oxygen atoms in total. The second-order valence-corrected chi connectivity index (χ2v) is 0.877. The van der Waals surface area contributed by atoms with Crippen molar-refractivity contribution in [1.82, 2.24) is 0 Å². The molecule has 0 unspecified atom stereocenters. The average Bonchev–Trinajstić information content (AvgIpc) is 1.38. The molecule has 30 valence electrons. The van der Waals surface area contributed by atoms with E-state index >= 15 is 0 Å². The van der Waals surface area contributed by atoms with Crippen molar-refractivity contribution in [3.8, 4) is 0 Å². The van der Waals surface area contributed by atoms with Gasteiger partial charge in [-0.15, -0.1) is 0 Å². The highest BCUT2D eigenvalue weighted by Crippen LogP contribution is 1.62. The highest BCUT2D eigenvalue weighted by atomic mass is 16.3. The number of hydrogen-bond donors (Lipinski definition) is 1. The molecule has 0 fully saturated rings. The molecule has 0 aromatic heterocycles. The fourth-order valence-corrected chi connectivity index (χ4v) is 0. The Labute approximate surface area is 30.4 Å². The molecule has 0 radical (unpaired) electrons. The number of aldehydes is 1. The highest BCUT2D eigenvalue weighted by molar-refractivity contribution is 5.54. The maximum Gasteiger partial charge on any atom is 0.148 e. The van der Waals surface area contributed by atoms with Crippen LogP contribution in [0.1, 0.15) is 6.92 Å². The Kier molecular flexibility index (Phi) is 1.76. The zero-order valence-electron chi connectivity index (χ0n) is 3.01. The minimum atomic E-state index is -0.796. The predicted octanol–water partition coefficient (Wildman–Crippen LogP) is -0.434. The number of aliphatic hydroxyl groups is 1. The van der Waals surface area contributed by atoms with Gasteiger partial charge in [0, 0.05) is 0 Å². The van der Waals surface area contributed by atoms with Gasteiger partial charge in [-0.3, -0.25) is 0 Å². The third-order valence-corrected chi connectivity index (χ3v) is 0.197. The van der Waals surface area contributed by atoms with E-state index < -0.39 is 6.10 Å². The topological polar surface area (TPSA) is 37.3 Å². The molecule has 5 heavy (non-hydrogen) atoms. The van der Waals surface area contributed by atoms with E-state index in [9.17, 15) is 4.79 Å². The lowest BCUT2D eigenvalue weighted by Crippen LogP contribution is -1.97. The summed E-state index contributed by atoms with van der Waals surface area (Å²) in [7, 11) is 0. The lowest BCUT2D eigenvalue weighted by molar-refractivity contribution is -0.114. The maximum atomic E-state index is 9.25. The average molecular weight is 74.1 g/mol. The SMILES string of the molecule is C[C@H](O)C=O. The van der Waals surface area contributed by atoms with Crippen molar-refractivity contribution >= 4 is 6.29 Å². The summed E-state index contributed by atoms with van der Waals surface area (Å²) >= 11 is 0. The van der Waals surface area contributed by atoms with E-state index in [1.807, 2.05) is 0 Å². The van der Waals surface area contributed by atoms with E-state index in [1.165, 1.54) is 6.92 Å². The number of carbonyl (C=O) groups excluding carboxylic acids is 1. The minimum absolute atomic E-state index is 0.472. The van der Waals surface area contributed by atoms with Crippen molar-refractivity contribution < 1.29 is 9.90 Å². The van der Waals surface area contributed by atoms with E-state index in [2.05, 4.69) is 0 Å². The second kappa shape index (κ2) is 1.91. The standard InChI is InChI=1S/C3H6O2/c1-3(5)2-4/h2-3,5H,1H3/t3-/m0/s1. The molecule has 0 saturated carbocycles. The molecule has 0 aromatic carbocycles. The smallest absolute Gasteiger partial charge is 0.148 e. The Morgan fingerprint density at radius 2 is 2.20 bits per heavy atom. The molecule has 0 aliphatic rings. The Bertz CT molecular complexity index is 31.9. The molecular weight excluding hydrogens is 68.0 g/mol. The summed E-state index contributed by atoms with van der Waals surface area (Å²) < 4.78 is 0. The third-order valence-electron chi connectivity index (χ3n) is 0.197. The van der Waals surface area contributed by atoms with E-state index in [0.29, 0.717) is 6.29 Å². The second-order valence-electron chi connectivity index (χ2n) is 0.877. The quantitative estimate of drug-likeness (QED) is 0.428. The van der Waals surface area contributed by atoms with Crippen LogP contribution in [0.5, 0.6) is 0 Å². The van der Waals surface area contributed by atoms with Gasteiger partial charge in [-0.2, -0.15) is 0 Å². The van der Waals surface area contributed by atoms with Crippen molar-refractivity contribution in [3.05, 3.63) is 0 Å². The monoisotopic (exact) mass is 74.0 g/mol. The van der Waals surface area contributed by atoms with Crippen molar-refractivity contribution in [2.75, 3.05) is 0 Å². The Balaban J connectivity index is 2.83. The molecule has 1 atom stereocenters.